The molecular weight excluding hydrogens is 344 g/mol. The van der Waals surface area contributed by atoms with Crippen LogP contribution in [0.1, 0.15) is 38.2 Å². The van der Waals surface area contributed by atoms with Gasteiger partial charge in [0, 0.05) is 18.3 Å². The molecule has 1 saturated carbocycles. The Balaban J connectivity index is 1.36. The summed E-state index contributed by atoms with van der Waals surface area (Å²) in [4.78, 5) is 2.41. The molecule has 1 aliphatic heterocycles. The van der Waals surface area contributed by atoms with Crippen LogP contribution in [-0.2, 0) is 9.84 Å². The van der Waals surface area contributed by atoms with Gasteiger partial charge in [-0.05, 0) is 63.7 Å². The smallest absolute Gasteiger partial charge is 0.147 e. The maximum Gasteiger partial charge on any atom is 0.147 e. The number of hydrogen-bond acceptors (Lipinski definition) is 4. The van der Waals surface area contributed by atoms with Crippen LogP contribution in [-0.4, -0.2) is 57.0 Å². The highest BCUT2D eigenvalue weighted by molar-refractivity contribution is 7.90. The van der Waals surface area contributed by atoms with Crippen molar-refractivity contribution in [3.8, 4) is 0 Å². The van der Waals surface area contributed by atoms with E-state index >= 15 is 0 Å². The third-order valence-electron chi connectivity index (χ3n) is 5.60. The Morgan fingerprint density at radius 1 is 1.23 bits per heavy atom. The summed E-state index contributed by atoms with van der Waals surface area (Å²) in [6.45, 7) is 5.32. The Hall–Kier alpha value is -1.17. The van der Waals surface area contributed by atoms with E-state index in [1.54, 1.807) is 0 Å². The maximum atomic E-state index is 11.2. The average Bonchev–Trinajstić information content (AvgIpc) is 3.36. The van der Waals surface area contributed by atoms with Gasteiger partial charge in [0.25, 0.3) is 0 Å². The zero-order chi connectivity index (χ0) is 18.6. The average molecular weight is 377 g/mol. The van der Waals surface area contributed by atoms with Gasteiger partial charge in [0.05, 0.1) is 5.75 Å². The fraction of sp³-hybridized carbons (Fsp3) is 0.619. The fourth-order valence-corrected chi connectivity index (χ4v) is 4.63. The molecule has 1 N–H and O–H groups in total. The molecule has 3 rings (SSSR count). The van der Waals surface area contributed by atoms with E-state index in [0.717, 1.165) is 26.1 Å². The number of nitrogens with one attached hydrogen (secondary N) is 1. The van der Waals surface area contributed by atoms with Crippen LogP contribution in [0.15, 0.2) is 35.9 Å². The Labute approximate surface area is 158 Å². The van der Waals surface area contributed by atoms with Crippen molar-refractivity contribution in [2.24, 2.45) is 5.92 Å². The first kappa shape index (κ1) is 19.6. The molecule has 2 fully saturated rings. The van der Waals surface area contributed by atoms with Gasteiger partial charge in [-0.15, -0.1) is 0 Å². The second-order valence-electron chi connectivity index (χ2n) is 8.01. The first-order valence-corrected chi connectivity index (χ1v) is 11.9. The summed E-state index contributed by atoms with van der Waals surface area (Å²) in [6, 6.07) is 11.8. The minimum absolute atomic E-state index is 0.307. The van der Waals surface area contributed by atoms with E-state index in [1.807, 2.05) is 0 Å². The highest BCUT2D eigenvalue weighted by Gasteiger charge is 2.39. The van der Waals surface area contributed by atoms with Crippen LogP contribution in [0.5, 0.6) is 0 Å². The van der Waals surface area contributed by atoms with Crippen molar-refractivity contribution in [2.75, 3.05) is 31.6 Å². The number of piperidine rings is 1. The second kappa shape index (κ2) is 8.68. The zero-order valence-corrected chi connectivity index (χ0v) is 16.8. The molecule has 0 bridgehead atoms. The van der Waals surface area contributed by atoms with Crippen molar-refractivity contribution in [3.63, 3.8) is 0 Å². The van der Waals surface area contributed by atoms with Crippen molar-refractivity contribution < 1.29 is 8.42 Å². The Bertz CT molecular complexity index is 707. The quantitative estimate of drug-likeness (QED) is 0.758. The molecule has 0 spiro atoms. The van der Waals surface area contributed by atoms with Crippen LogP contribution in [0.3, 0.4) is 0 Å². The minimum Gasteiger partial charge on any atom is -0.311 e. The van der Waals surface area contributed by atoms with E-state index in [9.17, 15) is 8.42 Å². The lowest BCUT2D eigenvalue weighted by molar-refractivity contribution is 0.197. The fourth-order valence-electron chi connectivity index (χ4n) is 3.98. The van der Waals surface area contributed by atoms with E-state index in [-0.39, 0.29) is 0 Å². The standard InChI is InChI=1S/C21H32N2O2S/c1-17(15-18-7-4-3-5-8-18)20-16-21(20)22-19-9-12-23(13-10-19)11-6-14-26(2,24)25/h3-5,7-8,15,19-22H,6,9-14,16H2,1-2H3/b17-15+/t20-,21+/m0/s1. The first-order valence-electron chi connectivity index (χ1n) is 9.80. The molecule has 1 aromatic carbocycles. The van der Waals surface area contributed by atoms with E-state index in [2.05, 4.69) is 53.5 Å². The molecule has 0 amide bonds. The topological polar surface area (TPSA) is 49.4 Å². The number of likely N-dealkylation sites (tertiary alicyclic amines) is 1. The number of sulfone groups is 1. The normalized spacial score (nSPS) is 25.4. The summed E-state index contributed by atoms with van der Waals surface area (Å²) in [5.41, 5.74) is 2.77. The summed E-state index contributed by atoms with van der Waals surface area (Å²) < 4.78 is 22.4. The van der Waals surface area contributed by atoms with E-state index in [4.69, 9.17) is 0 Å². The minimum atomic E-state index is -2.82. The van der Waals surface area contributed by atoms with Crippen LogP contribution in [0.2, 0.25) is 0 Å². The molecule has 26 heavy (non-hydrogen) atoms. The van der Waals surface area contributed by atoms with E-state index in [1.165, 1.54) is 36.7 Å². The van der Waals surface area contributed by atoms with Crippen molar-refractivity contribution >= 4 is 15.9 Å². The van der Waals surface area contributed by atoms with Gasteiger partial charge in [-0.1, -0.05) is 42.0 Å². The molecule has 0 unspecified atom stereocenters. The third kappa shape index (κ3) is 6.22. The summed E-state index contributed by atoms with van der Waals surface area (Å²) in [6.07, 6.45) is 7.99. The highest BCUT2D eigenvalue weighted by atomic mass is 32.2. The molecule has 1 aromatic rings. The van der Waals surface area contributed by atoms with E-state index < -0.39 is 9.84 Å². The lowest BCUT2D eigenvalue weighted by Gasteiger charge is -2.32. The third-order valence-corrected chi connectivity index (χ3v) is 6.63. The molecule has 1 heterocycles. The molecule has 2 aliphatic rings. The van der Waals surface area contributed by atoms with Gasteiger partial charge in [-0.25, -0.2) is 8.42 Å². The van der Waals surface area contributed by atoms with Gasteiger partial charge in [0.1, 0.15) is 9.84 Å². The van der Waals surface area contributed by atoms with Gasteiger partial charge in [-0.2, -0.15) is 0 Å². The van der Waals surface area contributed by atoms with Crippen LogP contribution in [0.4, 0.5) is 0 Å². The van der Waals surface area contributed by atoms with Gasteiger partial charge >= 0.3 is 0 Å². The van der Waals surface area contributed by atoms with Gasteiger partial charge in [0.15, 0.2) is 0 Å². The van der Waals surface area contributed by atoms with Crippen molar-refractivity contribution in [1.29, 1.82) is 0 Å². The predicted molar refractivity (Wildman–Crippen MR) is 109 cm³/mol. The monoisotopic (exact) mass is 376 g/mol. The second-order valence-corrected chi connectivity index (χ2v) is 10.3. The Morgan fingerprint density at radius 2 is 1.92 bits per heavy atom. The molecule has 1 saturated heterocycles. The predicted octanol–water partition coefficient (Wildman–Crippen LogP) is 2.97. The number of rotatable bonds is 8. The van der Waals surface area contributed by atoms with E-state index in [0.29, 0.717) is 23.8 Å². The molecule has 1 aliphatic carbocycles. The maximum absolute atomic E-state index is 11.2. The van der Waals surface area contributed by atoms with Crippen molar-refractivity contribution in [2.45, 2.75) is 44.7 Å². The Morgan fingerprint density at radius 3 is 2.58 bits per heavy atom. The SMILES string of the molecule is C/C(=C\c1ccccc1)[C@@H]1C[C@H]1NC1CCN(CCCS(C)(=O)=O)CC1. The number of benzene rings is 1. The summed E-state index contributed by atoms with van der Waals surface area (Å²) in [5, 5.41) is 3.85. The summed E-state index contributed by atoms with van der Waals surface area (Å²) in [7, 11) is -2.82. The molecule has 4 nitrogen and oxygen atoms in total. The first-order chi connectivity index (χ1) is 12.4. The van der Waals surface area contributed by atoms with Crippen molar-refractivity contribution in [1.82, 2.24) is 10.2 Å². The molecule has 0 radical (unpaired) electrons. The van der Waals surface area contributed by atoms with Gasteiger partial charge in [-0.3, -0.25) is 0 Å². The van der Waals surface area contributed by atoms with Crippen molar-refractivity contribution in [3.05, 3.63) is 41.5 Å². The molecular formula is C21H32N2O2S. The van der Waals surface area contributed by atoms with Gasteiger partial charge < -0.3 is 10.2 Å². The van der Waals surface area contributed by atoms with Crippen LogP contribution in [0.25, 0.3) is 6.08 Å². The zero-order valence-electron chi connectivity index (χ0n) is 16.0. The van der Waals surface area contributed by atoms with Gasteiger partial charge in [0.2, 0.25) is 0 Å². The highest BCUT2D eigenvalue weighted by Crippen LogP contribution is 2.38. The number of nitrogens with zero attached hydrogens (tertiary/aromatic N) is 1. The molecule has 144 valence electrons. The van der Waals surface area contributed by atoms with Crippen LogP contribution in [0, 0.1) is 5.92 Å². The van der Waals surface area contributed by atoms with Crippen LogP contribution < -0.4 is 5.32 Å². The summed E-state index contributed by atoms with van der Waals surface area (Å²) in [5.74, 6) is 0.991. The number of hydrogen-bond donors (Lipinski definition) is 1. The molecule has 2 atom stereocenters. The lowest BCUT2D eigenvalue weighted by Crippen LogP contribution is -2.44. The lowest BCUT2D eigenvalue weighted by atomic mass is 10.0. The summed E-state index contributed by atoms with van der Waals surface area (Å²) >= 11 is 0. The molecule has 5 heteroatoms. The van der Waals surface area contributed by atoms with Crippen LogP contribution >= 0.6 is 0 Å². The largest absolute Gasteiger partial charge is 0.311 e. The molecule has 0 aromatic heterocycles. The Kier molecular flexibility index (Phi) is 6.54.